The van der Waals surface area contributed by atoms with Crippen LogP contribution in [0.4, 0.5) is 5.82 Å². The summed E-state index contributed by atoms with van der Waals surface area (Å²) in [6, 6.07) is 1.94. The van der Waals surface area contributed by atoms with Crippen molar-refractivity contribution in [3.63, 3.8) is 0 Å². The standard InChI is InChI=1S/C12H17N3OS/c1-3-4-8(2)16-7-10-14-11(13)9-5-6-17-12(9)15-10/h5-6,8H,3-4,7H2,1-2H3,(H2,13,14,15). The van der Waals surface area contributed by atoms with Crippen LogP contribution in [0, 0.1) is 0 Å². The fourth-order valence-corrected chi connectivity index (χ4v) is 2.49. The van der Waals surface area contributed by atoms with Crippen molar-refractivity contribution in [2.75, 3.05) is 5.73 Å². The second-order valence-corrected chi connectivity index (χ2v) is 4.97. The van der Waals surface area contributed by atoms with Crippen LogP contribution < -0.4 is 5.73 Å². The molecule has 5 heteroatoms. The van der Waals surface area contributed by atoms with Crippen molar-refractivity contribution < 1.29 is 4.74 Å². The van der Waals surface area contributed by atoms with Crippen molar-refractivity contribution >= 4 is 27.4 Å². The van der Waals surface area contributed by atoms with Crippen LogP contribution in [0.25, 0.3) is 10.2 Å². The highest BCUT2D eigenvalue weighted by molar-refractivity contribution is 7.16. The van der Waals surface area contributed by atoms with Gasteiger partial charge in [-0.2, -0.15) is 0 Å². The number of nitrogen functional groups attached to an aromatic ring is 1. The molecule has 1 atom stereocenters. The maximum Gasteiger partial charge on any atom is 0.158 e. The van der Waals surface area contributed by atoms with E-state index < -0.39 is 0 Å². The lowest BCUT2D eigenvalue weighted by Crippen LogP contribution is -2.10. The molecule has 0 fully saturated rings. The molecule has 1 unspecified atom stereocenters. The van der Waals surface area contributed by atoms with Crippen molar-refractivity contribution in [2.24, 2.45) is 0 Å². The number of ether oxygens (including phenoxy) is 1. The molecule has 17 heavy (non-hydrogen) atoms. The van der Waals surface area contributed by atoms with Gasteiger partial charge in [0.05, 0.1) is 11.5 Å². The molecule has 0 amide bonds. The number of thiophene rings is 1. The summed E-state index contributed by atoms with van der Waals surface area (Å²) in [5.41, 5.74) is 5.87. The molecule has 4 nitrogen and oxygen atoms in total. The topological polar surface area (TPSA) is 61.0 Å². The minimum absolute atomic E-state index is 0.240. The first kappa shape index (κ1) is 12.3. The minimum Gasteiger partial charge on any atom is -0.383 e. The van der Waals surface area contributed by atoms with Gasteiger partial charge in [0.15, 0.2) is 5.82 Å². The molecule has 0 saturated heterocycles. The van der Waals surface area contributed by atoms with Gasteiger partial charge in [-0.05, 0) is 24.8 Å². The molecule has 0 saturated carbocycles. The van der Waals surface area contributed by atoms with Gasteiger partial charge in [0.1, 0.15) is 17.3 Å². The Hall–Kier alpha value is -1.20. The van der Waals surface area contributed by atoms with Crippen LogP contribution >= 0.6 is 11.3 Å². The number of fused-ring (bicyclic) bond motifs is 1. The molecular weight excluding hydrogens is 234 g/mol. The third-order valence-corrected chi connectivity index (χ3v) is 3.40. The molecule has 0 bridgehead atoms. The zero-order chi connectivity index (χ0) is 12.3. The summed E-state index contributed by atoms with van der Waals surface area (Å²) in [5.74, 6) is 1.21. The molecule has 0 aliphatic rings. The van der Waals surface area contributed by atoms with Gasteiger partial charge >= 0.3 is 0 Å². The Labute approximate surface area is 105 Å². The first-order valence-corrected chi connectivity index (χ1v) is 6.70. The summed E-state index contributed by atoms with van der Waals surface area (Å²) in [6.07, 6.45) is 2.41. The largest absolute Gasteiger partial charge is 0.383 e. The Bertz CT molecular complexity index is 497. The lowest BCUT2D eigenvalue weighted by Gasteiger charge is -2.11. The number of hydrogen-bond donors (Lipinski definition) is 1. The van der Waals surface area contributed by atoms with E-state index in [2.05, 4.69) is 23.8 Å². The van der Waals surface area contributed by atoms with Crippen LogP contribution in [0.3, 0.4) is 0 Å². The van der Waals surface area contributed by atoms with Crippen LogP contribution in [0.2, 0.25) is 0 Å². The van der Waals surface area contributed by atoms with Crippen LogP contribution in [0.15, 0.2) is 11.4 Å². The zero-order valence-electron chi connectivity index (χ0n) is 10.1. The molecule has 0 aliphatic carbocycles. The van der Waals surface area contributed by atoms with E-state index in [1.54, 1.807) is 11.3 Å². The van der Waals surface area contributed by atoms with E-state index in [1.165, 1.54) is 0 Å². The summed E-state index contributed by atoms with van der Waals surface area (Å²) in [4.78, 5) is 9.61. The SMILES string of the molecule is CCCC(C)OCc1nc(N)c2ccsc2n1. The van der Waals surface area contributed by atoms with Gasteiger partial charge in [-0.1, -0.05) is 13.3 Å². The summed E-state index contributed by atoms with van der Waals surface area (Å²) in [7, 11) is 0. The van der Waals surface area contributed by atoms with Crippen molar-refractivity contribution in [3.05, 3.63) is 17.3 Å². The second-order valence-electron chi connectivity index (χ2n) is 4.07. The third-order valence-electron chi connectivity index (χ3n) is 2.59. The van der Waals surface area contributed by atoms with E-state index in [0.717, 1.165) is 23.1 Å². The predicted molar refractivity (Wildman–Crippen MR) is 71.0 cm³/mol. The molecule has 0 radical (unpaired) electrons. The van der Waals surface area contributed by atoms with Crippen molar-refractivity contribution in [3.8, 4) is 0 Å². The number of nitrogens with zero attached hydrogens (tertiary/aromatic N) is 2. The third kappa shape index (κ3) is 2.92. The molecule has 0 aromatic carbocycles. The average molecular weight is 251 g/mol. The normalized spacial score (nSPS) is 13.1. The Kier molecular flexibility index (Phi) is 3.91. The molecule has 92 valence electrons. The second kappa shape index (κ2) is 5.42. The number of aromatic nitrogens is 2. The lowest BCUT2D eigenvalue weighted by molar-refractivity contribution is 0.0434. The van der Waals surface area contributed by atoms with Gasteiger partial charge in [0, 0.05) is 0 Å². The van der Waals surface area contributed by atoms with Gasteiger partial charge in [0.2, 0.25) is 0 Å². The van der Waals surface area contributed by atoms with Crippen molar-refractivity contribution in [1.82, 2.24) is 9.97 Å². The molecular formula is C12H17N3OS. The zero-order valence-corrected chi connectivity index (χ0v) is 11.0. The number of rotatable bonds is 5. The molecule has 2 aromatic rings. The van der Waals surface area contributed by atoms with Gasteiger partial charge in [-0.3, -0.25) is 0 Å². The number of hydrogen-bond acceptors (Lipinski definition) is 5. The predicted octanol–water partition coefficient (Wildman–Crippen LogP) is 2.98. The summed E-state index contributed by atoms with van der Waals surface area (Å²) in [6.45, 7) is 4.64. The van der Waals surface area contributed by atoms with E-state index in [1.807, 2.05) is 11.4 Å². The van der Waals surface area contributed by atoms with Crippen LogP contribution in [-0.4, -0.2) is 16.1 Å². The van der Waals surface area contributed by atoms with E-state index in [0.29, 0.717) is 18.2 Å². The highest BCUT2D eigenvalue weighted by atomic mass is 32.1. The quantitative estimate of drug-likeness (QED) is 0.887. The van der Waals surface area contributed by atoms with Gasteiger partial charge in [0.25, 0.3) is 0 Å². The van der Waals surface area contributed by atoms with E-state index in [-0.39, 0.29) is 6.10 Å². The van der Waals surface area contributed by atoms with Crippen LogP contribution in [-0.2, 0) is 11.3 Å². The van der Waals surface area contributed by atoms with E-state index in [9.17, 15) is 0 Å². The summed E-state index contributed by atoms with van der Waals surface area (Å²) in [5, 5.41) is 2.90. The summed E-state index contributed by atoms with van der Waals surface area (Å²) < 4.78 is 5.67. The Morgan fingerprint density at radius 3 is 3.06 bits per heavy atom. The highest BCUT2D eigenvalue weighted by Gasteiger charge is 2.08. The van der Waals surface area contributed by atoms with Gasteiger partial charge in [-0.25, -0.2) is 9.97 Å². The van der Waals surface area contributed by atoms with Crippen molar-refractivity contribution in [1.29, 1.82) is 0 Å². The van der Waals surface area contributed by atoms with Crippen LogP contribution in [0.1, 0.15) is 32.5 Å². The first-order chi connectivity index (χ1) is 8.20. The molecule has 2 aromatic heterocycles. The molecule has 0 aliphatic heterocycles. The number of nitrogens with two attached hydrogens (primary N) is 1. The maximum atomic E-state index is 5.87. The monoisotopic (exact) mass is 251 g/mol. The smallest absolute Gasteiger partial charge is 0.158 e. The lowest BCUT2D eigenvalue weighted by atomic mass is 10.2. The van der Waals surface area contributed by atoms with E-state index >= 15 is 0 Å². The first-order valence-electron chi connectivity index (χ1n) is 5.82. The molecule has 0 spiro atoms. The Morgan fingerprint density at radius 1 is 1.47 bits per heavy atom. The highest BCUT2D eigenvalue weighted by Crippen LogP contribution is 2.23. The van der Waals surface area contributed by atoms with Crippen molar-refractivity contribution in [2.45, 2.75) is 39.4 Å². The fraction of sp³-hybridized carbons (Fsp3) is 0.500. The average Bonchev–Trinajstić information content (AvgIpc) is 2.75. The van der Waals surface area contributed by atoms with Gasteiger partial charge in [-0.15, -0.1) is 11.3 Å². The van der Waals surface area contributed by atoms with Gasteiger partial charge < -0.3 is 10.5 Å². The molecule has 2 N–H and O–H groups in total. The minimum atomic E-state index is 0.240. The fourth-order valence-electron chi connectivity index (χ4n) is 1.70. The Balaban J connectivity index is 2.08. The molecule has 2 heterocycles. The van der Waals surface area contributed by atoms with E-state index in [4.69, 9.17) is 10.5 Å². The summed E-state index contributed by atoms with van der Waals surface area (Å²) >= 11 is 1.57. The van der Waals surface area contributed by atoms with Crippen LogP contribution in [0.5, 0.6) is 0 Å². The number of anilines is 1. The maximum absolute atomic E-state index is 5.87. The Morgan fingerprint density at radius 2 is 2.29 bits per heavy atom. The molecule has 2 rings (SSSR count).